The molecule has 3 aromatic carbocycles. The highest BCUT2D eigenvalue weighted by Gasteiger charge is 2.20. The molecule has 1 heterocycles. The van der Waals surface area contributed by atoms with E-state index in [0.717, 1.165) is 33.3 Å². The molecule has 154 valence electrons. The third-order valence-corrected chi connectivity index (χ3v) is 4.38. The van der Waals surface area contributed by atoms with E-state index in [-0.39, 0.29) is 0 Å². The Morgan fingerprint density at radius 1 is 0.833 bits per heavy atom. The van der Waals surface area contributed by atoms with Crippen molar-refractivity contribution in [1.82, 2.24) is 0 Å². The Hall–Kier alpha value is -3.06. The third-order valence-electron chi connectivity index (χ3n) is 4.13. The number of nitrogens with one attached hydrogen (secondary N) is 1. The Labute approximate surface area is 175 Å². The molecule has 1 aromatic heterocycles. The Balaban J connectivity index is 0.000000461. The lowest BCUT2D eigenvalue weighted by atomic mass is 10.1. The summed E-state index contributed by atoms with van der Waals surface area (Å²) >= 11 is 6.00. The van der Waals surface area contributed by atoms with Gasteiger partial charge in [-0.2, -0.15) is 0 Å². The van der Waals surface area contributed by atoms with Crippen LogP contribution in [0.5, 0.6) is 0 Å². The quantitative estimate of drug-likeness (QED) is 0.320. The first kappa shape index (κ1) is 21.6. The van der Waals surface area contributed by atoms with Crippen molar-refractivity contribution in [1.29, 1.82) is 0 Å². The fourth-order valence-electron chi connectivity index (χ4n) is 2.79. The molecule has 30 heavy (non-hydrogen) atoms. The van der Waals surface area contributed by atoms with Gasteiger partial charge in [-0.1, -0.05) is 41.4 Å². The topological polar surface area (TPSA) is 27.1 Å². The summed E-state index contributed by atoms with van der Waals surface area (Å²) in [5.74, 6) is 0.796. The lowest BCUT2D eigenvalue weighted by molar-refractivity contribution is -0.400. The zero-order valence-corrected chi connectivity index (χ0v) is 16.6. The van der Waals surface area contributed by atoms with Gasteiger partial charge in [-0.3, -0.25) is 0 Å². The van der Waals surface area contributed by atoms with Gasteiger partial charge in [-0.05, 0) is 43.3 Å². The van der Waals surface area contributed by atoms with Gasteiger partial charge >= 0.3 is 7.25 Å². The molecule has 0 saturated carbocycles. The molecule has 0 saturated heterocycles. The highest BCUT2D eigenvalue weighted by atomic mass is 35.5. The van der Waals surface area contributed by atoms with E-state index in [1.54, 1.807) is 0 Å². The minimum Gasteiger partial charge on any atom is -0.456 e. The molecule has 0 unspecified atom stereocenters. The van der Waals surface area contributed by atoms with Crippen LogP contribution in [0.2, 0.25) is 5.02 Å². The summed E-state index contributed by atoms with van der Waals surface area (Å²) in [7, 11) is -6.00. The van der Waals surface area contributed by atoms with Crippen LogP contribution in [-0.2, 0) is 0 Å². The first-order valence-corrected chi connectivity index (χ1v) is 9.40. The molecule has 8 heteroatoms. The molecule has 1 N–H and O–H groups in total. The van der Waals surface area contributed by atoms with E-state index in [1.165, 1.54) is 5.56 Å². The smallest absolute Gasteiger partial charge is 0.456 e. The van der Waals surface area contributed by atoms with Gasteiger partial charge in [0.05, 0.1) is 11.5 Å². The number of aryl methyl sites for hydroxylation is 1. The zero-order valence-electron chi connectivity index (χ0n) is 15.9. The molecule has 4 aromatic rings. The molecular weight excluding hydrogens is 417 g/mol. The van der Waals surface area contributed by atoms with Crippen LogP contribution in [0.15, 0.2) is 83.3 Å². The second kappa shape index (κ2) is 9.18. The van der Waals surface area contributed by atoms with Gasteiger partial charge < -0.3 is 21.7 Å². The average molecular weight is 434 g/mol. The SMILES string of the molecule is Cc1ccc([NH+]=c2cc(-c3ccc(Cl)cc3)oc3ccccc23)cc1.F[B-](F)(F)F. The van der Waals surface area contributed by atoms with Crippen LogP contribution < -0.4 is 10.3 Å². The van der Waals surface area contributed by atoms with Gasteiger partial charge in [0.25, 0.3) is 0 Å². The van der Waals surface area contributed by atoms with Crippen LogP contribution in [0.4, 0.5) is 23.0 Å². The molecule has 0 radical (unpaired) electrons. The second-order valence-corrected chi connectivity index (χ2v) is 6.95. The summed E-state index contributed by atoms with van der Waals surface area (Å²) in [6.07, 6.45) is 0. The van der Waals surface area contributed by atoms with Gasteiger partial charge in [0, 0.05) is 22.7 Å². The van der Waals surface area contributed by atoms with E-state index in [9.17, 15) is 17.3 Å². The predicted molar refractivity (Wildman–Crippen MR) is 112 cm³/mol. The maximum absolute atomic E-state index is 9.75. The molecule has 0 bridgehead atoms. The molecule has 0 aliphatic carbocycles. The molecule has 0 fully saturated rings. The Bertz CT molecular complexity index is 1200. The standard InChI is InChI=1S/C22H16ClNO.BF4/c1-15-6-12-18(13-7-15)24-20-14-22(16-8-10-17(23)11-9-16)25-21-5-3-2-4-19(20)21;2-1(3,4)5/h2-14H,1H3;/q;-1/p+1. The summed E-state index contributed by atoms with van der Waals surface area (Å²) in [6.45, 7) is 2.08. The number of fused-ring (bicyclic) bond motifs is 1. The van der Waals surface area contributed by atoms with Crippen molar-refractivity contribution in [2.45, 2.75) is 6.92 Å². The van der Waals surface area contributed by atoms with Crippen molar-refractivity contribution >= 4 is 35.5 Å². The maximum atomic E-state index is 9.75. The number of hydrogen-bond acceptors (Lipinski definition) is 1. The maximum Gasteiger partial charge on any atom is 0.673 e. The second-order valence-electron chi connectivity index (χ2n) is 6.51. The number of rotatable bonds is 2. The Morgan fingerprint density at radius 3 is 2.07 bits per heavy atom. The molecule has 0 aliphatic rings. The summed E-state index contributed by atoms with van der Waals surface area (Å²) in [6, 6.07) is 26.1. The van der Waals surface area contributed by atoms with Gasteiger partial charge in [0.1, 0.15) is 11.3 Å². The Morgan fingerprint density at radius 2 is 1.43 bits per heavy atom. The number of para-hydroxylation sites is 1. The predicted octanol–water partition coefficient (Wildman–Crippen LogP) is 5.67. The zero-order chi connectivity index (χ0) is 21.7. The fraction of sp³-hybridized carbons (Fsp3) is 0.0455. The van der Waals surface area contributed by atoms with E-state index in [0.29, 0.717) is 5.02 Å². The van der Waals surface area contributed by atoms with Gasteiger partial charge in [0.15, 0.2) is 0 Å². The largest absolute Gasteiger partial charge is 0.673 e. The normalized spacial score (nSPS) is 11.9. The first-order valence-electron chi connectivity index (χ1n) is 9.02. The summed E-state index contributed by atoms with van der Waals surface area (Å²) < 4.78 is 45.1. The van der Waals surface area contributed by atoms with Gasteiger partial charge in [-0.15, -0.1) is 0 Å². The first-order chi connectivity index (χ1) is 14.2. The summed E-state index contributed by atoms with van der Waals surface area (Å²) in [5.41, 5.74) is 4.11. The van der Waals surface area contributed by atoms with Crippen molar-refractivity contribution in [2.24, 2.45) is 0 Å². The minimum absolute atomic E-state index is 0.711. The molecule has 0 aliphatic heterocycles. The fourth-order valence-corrected chi connectivity index (χ4v) is 2.91. The van der Waals surface area contributed by atoms with Crippen LogP contribution in [0.25, 0.3) is 22.3 Å². The van der Waals surface area contributed by atoms with E-state index in [4.69, 9.17) is 16.0 Å². The van der Waals surface area contributed by atoms with Crippen LogP contribution in [0.3, 0.4) is 0 Å². The average Bonchev–Trinajstić information content (AvgIpc) is 2.69. The minimum atomic E-state index is -6.00. The van der Waals surface area contributed by atoms with Gasteiger partial charge in [-0.25, -0.2) is 4.99 Å². The van der Waals surface area contributed by atoms with Crippen LogP contribution in [-0.4, -0.2) is 7.25 Å². The number of halogens is 5. The number of hydrogen-bond donors (Lipinski definition) is 1. The molecule has 0 spiro atoms. The van der Waals surface area contributed by atoms with Crippen LogP contribution in [0, 0.1) is 6.92 Å². The van der Waals surface area contributed by atoms with Crippen molar-refractivity contribution in [3.05, 3.63) is 94.8 Å². The van der Waals surface area contributed by atoms with E-state index in [2.05, 4.69) is 42.2 Å². The lowest BCUT2D eigenvalue weighted by Crippen LogP contribution is -2.70. The van der Waals surface area contributed by atoms with Gasteiger partial charge in [0.2, 0.25) is 11.0 Å². The van der Waals surface area contributed by atoms with E-state index >= 15 is 0 Å². The summed E-state index contributed by atoms with van der Waals surface area (Å²) in [5, 5.41) is 2.76. The van der Waals surface area contributed by atoms with Crippen LogP contribution in [0.1, 0.15) is 5.56 Å². The van der Waals surface area contributed by atoms with Crippen molar-refractivity contribution in [3.8, 4) is 11.3 Å². The third kappa shape index (κ3) is 6.22. The molecular formula is C22H17BClF4NO. The van der Waals surface area contributed by atoms with Crippen molar-refractivity contribution in [2.75, 3.05) is 0 Å². The van der Waals surface area contributed by atoms with Crippen molar-refractivity contribution in [3.63, 3.8) is 0 Å². The van der Waals surface area contributed by atoms with Crippen LogP contribution >= 0.6 is 11.6 Å². The van der Waals surface area contributed by atoms with Crippen molar-refractivity contribution < 1.29 is 26.7 Å². The molecule has 0 amide bonds. The molecule has 4 rings (SSSR count). The highest BCUT2D eigenvalue weighted by Crippen LogP contribution is 2.23. The van der Waals surface area contributed by atoms with E-state index in [1.807, 2.05) is 48.5 Å². The lowest BCUT2D eigenvalue weighted by Gasteiger charge is -2.03. The van der Waals surface area contributed by atoms with E-state index < -0.39 is 7.25 Å². The number of benzene rings is 3. The Kier molecular flexibility index (Phi) is 6.62. The molecule has 2 nitrogen and oxygen atoms in total. The molecule has 0 atom stereocenters. The highest BCUT2D eigenvalue weighted by molar-refractivity contribution is 6.50. The monoisotopic (exact) mass is 433 g/mol. The summed E-state index contributed by atoms with van der Waals surface area (Å²) in [4.78, 5) is 3.51.